The summed E-state index contributed by atoms with van der Waals surface area (Å²) >= 11 is 0. The molecule has 3 aromatic carbocycles. The fraction of sp³-hybridized carbons (Fsp3) is 0.160. The van der Waals surface area contributed by atoms with Gasteiger partial charge in [-0.15, -0.1) is 0 Å². The van der Waals surface area contributed by atoms with Gasteiger partial charge in [0.25, 0.3) is 5.91 Å². The van der Waals surface area contributed by atoms with Crippen LogP contribution in [0.5, 0.6) is 11.5 Å². The Morgan fingerprint density at radius 3 is 2.10 bits per heavy atom. The highest BCUT2D eigenvalue weighted by atomic mass is 16.5. The first-order valence-corrected chi connectivity index (χ1v) is 9.54. The fourth-order valence-electron chi connectivity index (χ4n) is 3.10. The predicted molar refractivity (Wildman–Crippen MR) is 116 cm³/mol. The van der Waals surface area contributed by atoms with E-state index in [1.165, 1.54) is 0 Å². The number of ether oxygens (including phenoxy) is 2. The molecule has 0 atom stereocenters. The summed E-state index contributed by atoms with van der Waals surface area (Å²) < 4.78 is 11.1. The van der Waals surface area contributed by atoms with Gasteiger partial charge < -0.3 is 14.8 Å². The second-order valence-corrected chi connectivity index (χ2v) is 6.52. The van der Waals surface area contributed by atoms with E-state index in [9.17, 15) is 4.79 Å². The van der Waals surface area contributed by atoms with Crippen molar-refractivity contribution in [2.24, 2.45) is 0 Å². The maximum Gasteiger partial charge on any atom is 0.258 e. The minimum atomic E-state index is -0.243. The Morgan fingerprint density at radius 1 is 0.931 bits per heavy atom. The second-order valence-electron chi connectivity index (χ2n) is 6.52. The van der Waals surface area contributed by atoms with Crippen molar-refractivity contribution in [3.63, 3.8) is 0 Å². The monoisotopic (exact) mass is 387 g/mol. The van der Waals surface area contributed by atoms with Crippen molar-refractivity contribution >= 4 is 12.0 Å². The smallest absolute Gasteiger partial charge is 0.258 e. The van der Waals surface area contributed by atoms with Crippen molar-refractivity contribution in [2.45, 2.75) is 13.0 Å². The van der Waals surface area contributed by atoms with Gasteiger partial charge in [-0.25, -0.2) is 0 Å². The average Bonchev–Trinajstić information content (AvgIpc) is 2.78. The molecule has 1 amide bonds. The lowest BCUT2D eigenvalue weighted by molar-refractivity contribution is -0.123. The van der Waals surface area contributed by atoms with Crippen LogP contribution in [0.4, 0.5) is 0 Å². The van der Waals surface area contributed by atoms with Crippen molar-refractivity contribution < 1.29 is 14.3 Å². The van der Waals surface area contributed by atoms with E-state index in [0.717, 1.165) is 16.7 Å². The van der Waals surface area contributed by atoms with Crippen LogP contribution in [0.25, 0.3) is 6.08 Å². The van der Waals surface area contributed by atoms with Crippen LogP contribution in [0.15, 0.2) is 84.9 Å². The first-order valence-electron chi connectivity index (χ1n) is 9.54. The van der Waals surface area contributed by atoms with Crippen molar-refractivity contribution in [3.8, 4) is 11.5 Å². The number of hydrogen-bond acceptors (Lipinski definition) is 3. The van der Waals surface area contributed by atoms with E-state index in [-0.39, 0.29) is 18.6 Å². The summed E-state index contributed by atoms with van der Waals surface area (Å²) in [5.41, 5.74) is 3.04. The van der Waals surface area contributed by atoms with E-state index in [1.54, 1.807) is 7.11 Å². The van der Waals surface area contributed by atoms with E-state index in [4.69, 9.17) is 9.47 Å². The molecule has 0 saturated carbocycles. The summed E-state index contributed by atoms with van der Waals surface area (Å²) in [6.07, 6.45) is 3.93. The number of rotatable bonds is 8. The van der Waals surface area contributed by atoms with Gasteiger partial charge in [-0.3, -0.25) is 4.79 Å². The van der Waals surface area contributed by atoms with Crippen molar-refractivity contribution in [2.75, 3.05) is 13.7 Å². The van der Waals surface area contributed by atoms with Crippen molar-refractivity contribution in [1.29, 1.82) is 0 Å². The molecule has 0 saturated heterocycles. The topological polar surface area (TPSA) is 47.6 Å². The quantitative estimate of drug-likeness (QED) is 0.591. The molecule has 0 bridgehead atoms. The molecule has 0 aliphatic rings. The number of allylic oxidation sites excluding steroid dienone is 1. The van der Waals surface area contributed by atoms with E-state index < -0.39 is 0 Å². The minimum absolute atomic E-state index is 0.102. The summed E-state index contributed by atoms with van der Waals surface area (Å²) in [5.74, 6) is 0.922. The lowest BCUT2D eigenvalue weighted by atomic mass is 9.99. The summed E-state index contributed by atoms with van der Waals surface area (Å²) in [7, 11) is 1.59. The van der Waals surface area contributed by atoms with E-state index >= 15 is 0 Å². The van der Waals surface area contributed by atoms with Crippen LogP contribution in [0.2, 0.25) is 0 Å². The van der Waals surface area contributed by atoms with Crippen LogP contribution >= 0.6 is 0 Å². The Labute approximate surface area is 171 Å². The first kappa shape index (κ1) is 20.2. The van der Waals surface area contributed by atoms with Crippen molar-refractivity contribution in [3.05, 3.63) is 102 Å². The van der Waals surface area contributed by atoms with Gasteiger partial charge >= 0.3 is 0 Å². The number of carbonyl (C=O) groups is 1. The normalized spacial score (nSPS) is 10.9. The van der Waals surface area contributed by atoms with Gasteiger partial charge in [0.2, 0.25) is 0 Å². The summed E-state index contributed by atoms with van der Waals surface area (Å²) in [6, 6.07) is 25.1. The number of benzene rings is 3. The molecule has 3 rings (SSSR count). The molecule has 0 heterocycles. The molecule has 1 N–H and O–H groups in total. The molecule has 148 valence electrons. The van der Waals surface area contributed by atoms with Crippen LogP contribution in [0, 0.1) is 0 Å². The zero-order valence-electron chi connectivity index (χ0n) is 16.7. The number of hydrogen-bond donors (Lipinski definition) is 1. The lowest BCUT2D eigenvalue weighted by Crippen LogP contribution is -2.33. The molecular formula is C25H25NO3. The van der Waals surface area contributed by atoms with Crippen LogP contribution in [0.1, 0.15) is 29.7 Å². The van der Waals surface area contributed by atoms with Crippen LogP contribution in [0.3, 0.4) is 0 Å². The molecular weight excluding hydrogens is 362 g/mol. The van der Waals surface area contributed by atoms with E-state index in [0.29, 0.717) is 11.5 Å². The van der Waals surface area contributed by atoms with Gasteiger partial charge in [-0.1, -0.05) is 78.9 Å². The molecule has 29 heavy (non-hydrogen) atoms. The number of methoxy groups -OCH3 is 1. The molecule has 0 aliphatic heterocycles. The molecule has 0 aliphatic carbocycles. The highest BCUT2D eigenvalue weighted by Gasteiger charge is 2.17. The maximum absolute atomic E-state index is 12.7. The Bertz CT molecular complexity index is 913. The zero-order chi connectivity index (χ0) is 20.5. The van der Waals surface area contributed by atoms with E-state index in [2.05, 4.69) is 5.32 Å². The molecule has 4 heteroatoms. The Balaban J connectivity index is 1.71. The molecule has 0 radical (unpaired) electrons. The largest absolute Gasteiger partial charge is 0.493 e. The van der Waals surface area contributed by atoms with Gasteiger partial charge in [0.15, 0.2) is 18.1 Å². The molecule has 0 aromatic heterocycles. The minimum Gasteiger partial charge on any atom is -0.493 e. The number of carbonyl (C=O) groups excluding carboxylic acids is 1. The summed E-state index contributed by atoms with van der Waals surface area (Å²) in [6.45, 7) is 1.85. The number of amides is 1. The van der Waals surface area contributed by atoms with Crippen LogP contribution < -0.4 is 14.8 Å². The highest BCUT2D eigenvalue weighted by Crippen LogP contribution is 2.28. The highest BCUT2D eigenvalue weighted by molar-refractivity contribution is 5.78. The molecule has 0 fully saturated rings. The summed E-state index contributed by atoms with van der Waals surface area (Å²) in [5, 5.41) is 3.07. The van der Waals surface area contributed by atoms with Gasteiger partial charge in [0.05, 0.1) is 13.2 Å². The van der Waals surface area contributed by atoms with Gasteiger partial charge in [-0.05, 0) is 35.7 Å². The molecule has 4 nitrogen and oxygen atoms in total. The maximum atomic E-state index is 12.7. The van der Waals surface area contributed by atoms with Crippen molar-refractivity contribution in [1.82, 2.24) is 5.32 Å². The second kappa shape index (κ2) is 10.1. The standard InChI is InChI=1S/C25H25NO3/c1-3-10-19-15-16-22(23(17-19)28-2)29-18-24(27)26-25(20-11-6-4-7-12-20)21-13-8-5-9-14-21/h3-17,25H,18H2,1-2H3,(H,26,27)/b10-3+. The third-order valence-corrected chi connectivity index (χ3v) is 4.48. The Hall–Kier alpha value is -3.53. The predicted octanol–water partition coefficient (Wildman–Crippen LogP) is 5.01. The first-order chi connectivity index (χ1) is 14.2. The average molecular weight is 387 g/mol. The molecule has 3 aromatic rings. The third kappa shape index (κ3) is 5.48. The Morgan fingerprint density at radius 2 is 1.55 bits per heavy atom. The Kier molecular flexibility index (Phi) is 7.06. The third-order valence-electron chi connectivity index (χ3n) is 4.48. The zero-order valence-corrected chi connectivity index (χ0v) is 16.7. The van der Waals surface area contributed by atoms with Gasteiger partial charge in [0, 0.05) is 0 Å². The molecule has 0 unspecified atom stereocenters. The SMILES string of the molecule is C/C=C/c1ccc(OCC(=O)NC(c2ccccc2)c2ccccc2)c(OC)c1. The van der Waals surface area contributed by atoms with Gasteiger partial charge in [0.1, 0.15) is 0 Å². The van der Waals surface area contributed by atoms with E-state index in [1.807, 2.05) is 97.9 Å². The lowest BCUT2D eigenvalue weighted by Gasteiger charge is -2.20. The van der Waals surface area contributed by atoms with Crippen LogP contribution in [-0.2, 0) is 4.79 Å². The number of nitrogens with one attached hydrogen (secondary N) is 1. The fourth-order valence-corrected chi connectivity index (χ4v) is 3.10. The summed E-state index contributed by atoms with van der Waals surface area (Å²) in [4.78, 5) is 12.7. The molecule has 0 spiro atoms. The van der Waals surface area contributed by atoms with Gasteiger partial charge in [-0.2, -0.15) is 0 Å². The van der Waals surface area contributed by atoms with Crippen LogP contribution in [-0.4, -0.2) is 19.6 Å².